The molecular formula is C13H29N3O3S. The molecule has 1 fully saturated rings. The van der Waals surface area contributed by atoms with E-state index in [4.69, 9.17) is 4.74 Å². The molecule has 0 bridgehead atoms. The second-order valence-electron chi connectivity index (χ2n) is 5.85. The SMILES string of the molecule is COCCN1CCC(CN(C)S(=O)(=O)N(C)C(C)C)C1. The lowest BCUT2D eigenvalue weighted by atomic mass is 10.1. The maximum atomic E-state index is 12.3. The molecule has 1 unspecified atom stereocenters. The summed E-state index contributed by atoms with van der Waals surface area (Å²) in [5.41, 5.74) is 0. The molecule has 0 N–H and O–H groups in total. The predicted molar refractivity (Wildman–Crippen MR) is 80.9 cm³/mol. The van der Waals surface area contributed by atoms with Gasteiger partial charge in [-0.15, -0.1) is 0 Å². The summed E-state index contributed by atoms with van der Waals surface area (Å²) in [7, 11) is 1.67. The van der Waals surface area contributed by atoms with Gasteiger partial charge in [0, 0.05) is 46.9 Å². The van der Waals surface area contributed by atoms with E-state index >= 15 is 0 Å². The molecule has 0 radical (unpaired) electrons. The summed E-state index contributed by atoms with van der Waals surface area (Å²) in [4.78, 5) is 2.33. The molecule has 1 rings (SSSR count). The summed E-state index contributed by atoms with van der Waals surface area (Å²) < 4.78 is 32.6. The molecule has 0 amide bonds. The van der Waals surface area contributed by atoms with E-state index in [1.165, 1.54) is 8.61 Å². The third-order valence-electron chi connectivity index (χ3n) is 3.98. The summed E-state index contributed by atoms with van der Waals surface area (Å²) >= 11 is 0. The quantitative estimate of drug-likeness (QED) is 0.654. The second-order valence-corrected chi connectivity index (χ2v) is 7.94. The van der Waals surface area contributed by atoms with Crippen LogP contribution in [0.15, 0.2) is 0 Å². The van der Waals surface area contributed by atoms with Crippen LogP contribution in [0.1, 0.15) is 20.3 Å². The lowest BCUT2D eigenvalue weighted by molar-refractivity contribution is 0.158. The Morgan fingerprint density at radius 2 is 2.00 bits per heavy atom. The Balaban J connectivity index is 2.49. The fourth-order valence-corrected chi connectivity index (χ4v) is 3.80. The van der Waals surface area contributed by atoms with Crippen LogP contribution in [0.25, 0.3) is 0 Å². The van der Waals surface area contributed by atoms with Crippen molar-refractivity contribution in [3.8, 4) is 0 Å². The summed E-state index contributed by atoms with van der Waals surface area (Å²) in [5.74, 6) is 0.409. The first-order valence-corrected chi connectivity index (χ1v) is 8.59. The van der Waals surface area contributed by atoms with Crippen LogP contribution in [0.2, 0.25) is 0 Å². The number of ether oxygens (including phenoxy) is 1. The maximum absolute atomic E-state index is 12.3. The van der Waals surface area contributed by atoms with Gasteiger partial charge in [0.05, 0.1) is 6.61 Å². The molecule has 0 aromatic carbocycles. The minimum Gasteiger partial charge on any atom is -0.383 e. The summed E-state index contributed by atoms with van der Waals surface area (Å²) in [6.07, 6.45) is 1.05. The van der Waals surface area contributed by atoms with E-state index in [0.29, 0.717) is 12.5 Å². The van der Waals surface area contributed by atoms with E-state index in [1.54, 1.807) is 21.2 Å². The first-order valence-electron chi connectivity index (χ1n) is 7.19. The zero-order valence-electron chi connectivity index (χ0n) is 13.4. The Labute approximate surface area is 123 Å². The van der Waals surface area contributed by atoms with Gasteiger partial charge in [0.1, 0.15) is 0 Å². The number of likely N-dealkylation sites (tertiary alicyclic amines) is 1. The van der Waals surface area contributed by atoms with E-state index in [0.717, 1.165) is 32.7 Å². The number of rotatable bonds is 8. The lowest BCUT2D eigenvalue weighted by Crippen LogP contribution is -2.44. The highest BCUT2D eigenvalue weighted by molar-refractivity contribution is 7.86. The van der Waals surface area contributed by atoms with Crippen LogP contribution in [0.5, 0.6) is 0 Å². The fourth-order valence-electron chi connectivity index (χ4n) is 2.43. The van der Waals surface area contributed by atoms with E-state index in [1.807, 2.05) is 13.8 Å². The zero-order valence-corrected chi connectivity index (χ0v) is 14.2. The van der Waals surface area contributed by atoms with Crippen LogP contribution in [-0.4, -0.2) is 82.0 Å². The molecule has 20 heavy (non-hydrogen) atoms. The van der Waals surface area contributed by atoms with Crippen molar-refractivity contribution in [2.45, 2.75) is 26.3 Å². The molecule has 1 saturated heterocycles. The number of hydrogen-bond donors (Lipinski definition) is 0. The molecule has 6 nitrogen and oxygen atoms in total. The Morgan fingerprint density at radius 3 is 2.55 bits per heavy atom. The monoisotopic (exact) mass is 307 g/mol. The maximum Gasteiger partial charge on any atom is 0.281 e. The standard InChI is InChI=1S/C13H29N3O3S/c1-12(2)15(4)20(17,18)14(3)10-13-6-7-16(11-13)8-9-19-5/h12-13H,6-11H2,1-5H3. The molecule has 1 aliphatic heterocycles. The van der Waals surface area contributed by atoms with Gasteiger partial charge in [0.15, 0.2) is 0 Å². The first-order chi connectivity index (χ1) is 9.28. The van der Waals surface area contributed by atoms with Crippen LogP contribution in [0.3, 0.4) is 0 Å². The third-order valence-corrected chi connectivity index (χ3v) is 6.07. The van der Waals surface area contributed by atoms with E-state index in [2.05, 4.69) is 4.90 Å². The Bertz CT molecular complexity index is 386. The van der Waals surface area contributed by atoms with Gasteiger partial charge >= 0.3 is 0 Å². The van der Waals surface area contributed by atoms with Crippen molar-refractivity contribution in [3.05, 3.63) is 0 Å². The average Bonchev–Trinajstić information content (AvgIpc) is 2.82. The fraction of sp³-hybridized carbons (Fsp3) is 1.00. The van der Waals surface area contributed by atoms with Crippen molar-refractivity contribution < 1.29 is 13.2 Å². The van der Waals surface area contributed by atoms with E-state index < -0.39 is 10.2 Å². The van der Waals surface area contributed by atoms with Crippen molar-refractivity contribution in [1.82, 2.24) is 13.5 Å². The largest absolute Gasteiger partial charge is 0.383 e. The molecule has 0 aromatic heterocycles. The molecule has 1 atom stereocenters. The molecule has 0 aromatic rings. The average molecular weight is 307 g/mol. The molecular weight excluding hydrogens is 278 g/mol. The van der Waals surface area contributed by atoms with Crippen LogP contribution < -0.4 is 0 Å². The first kappa shape index (κ1) is 17.8. The predicted octanol–water partition coefficient (Wildman–Crippen LogP) is 0.472. The highest BCUT2D eigenvalue weighted by Gasteiger charge is 2.30. The lowest BCUT2D eigenvalue weighted by Gasteiger charge is -2.28. The third kappa shape index (κ3) is 4.66. The minimum atomic E-state index is -3.34. The summed E-state index contributed by atoms with van der Waals surface area (Å²) in [6.45, 7) is 7.99. The van der Waals surface area contributed by atoms with Gasteiger partial charge < -0.3 is 9.64 Å². The van der Waals surface area contributed by atoms with Gasteiger partial charge in [-0.25, -0.2) is 0 Å². The molecule has 0 spiro atoms. The summed E-state index contributed by atoms with van der Waals surface area (Å²) in [5, 5.41) is 0. The van der Waals surface area contributed by atoms with Crippen molar-refractivity contribution in [2.75, 3.05) is 54.0 Å². The van der Waals surface area contributed by atoms with Crippen LogP contribution in [0, 0.1) is 5.92 Å². The number of nitrogens with zero attached hydrogens (tertiary/aromatic N) is 3. The number of hydrogen-bond acceptors (Lipinski definition) is 4. The van der Waals surface area contributed by atoms with Gasteiger partial charge in [-0.1, -0.05) is 0 Å². The van der Waals surface area contributed by atoms with E-state index in [9.17, 15) is 8.42 Å². The molecule has 0 saturated carbocycles. The smallest absolute Gasteiger partial charge is 0.281 e. The molecule has 120 valence electrons. The molecule has 1 aliphatic rings. The highest BCUT2D eigenvalue weighted by Crippen LogP contribution is 2.19. The van der Waals surface area contributed by atoms with Gasteiger partial charge in [-0.3, -0.25) is 0 Å². The number of methoxy groups -OCH3 is 1. The Kier molecular flexibility index (Phi) is 6.87. The molecule has 7 heteroatoms. The van der Waals surface area contributed by atoms with E-state index in [-0.39, 0.29) is 6.04 Å². The normalized spacial score (nSPS) is 21.5. The van der Waals surface area contributed by atoms with Gasteiger partial charge in [0.2, 0.25) is 0 Å². The topological polar surface area (TPSA) is 53.1 Å². The van der Waals surface area contributed by atoms with Crippen molar-refractivity contribution in [2.24, 2.45) is 5.92 Å². The minimum absolute atomic E-state index is 0.0239. The van der Waals surface area contributed by atoms with Gasteiger partial charge in [-0.05, 0) is 32.7 Å². The van der Waals surface area contributed by atoms with Crippen molar-refractivity contribution in [3.63, 3.8) is 0 Å². The van der Waals surface area contributed by atoms with Crippen LogP contribution >= 0.6 is 0 Å². The van der Waals surface area contributed by atoms with Crippen LogP contribution in [-0.2, 0) is 14.9 Å². The zero-order chi connectivity index (χ0) is 15.3. The van der Waals surface area contributed by atoms with Gasteiger partial charge in [0.25, 0.3) is 10.2 Å². The highest BCUT2D eigenvalue weighted by atomic mass is 32.2. The second kappa shape index (κ2) is 7.70. The summed E-state index contributed by atoms with van der Waals surface area (Å²) in [6, 6.07) is -0.0239. The molecule has 1 heterocycles. The Hall–Kier alpha value is -0.210. The Morgan fingerprint density at radius 1 is 1.35 bits per heavy atom. The van der Waals surface area contributed by atoms with Crippen LogP contribution in [0.4, 0.5) is 0 Å². The molecule has 0 aliphatic carbocycles. The van der Waals surface area contributed by atoms with Crippen molar-refractivity contribution in [1.29, 1.82) is 0 Å². The van der Waals surface area contributed by atoms with Gasteiger partial charge in [-0.2, -0.15) is 17.0 Å². The van der Waals surface area contributed by atoms with Crippen molar-refractivity contribution >= 4 is 10.2 Å².